The van der Waals surface area contributed by atoms with Gasteiger partial charge < -0.3 is 5.32 Å². The summed E-state index contributed by atoms with van der Waals surface area (Å²) in [6, 6.07) is 7.24. The summed E-state index contributed by atoms with van der Waals surface area (Å²) in [5.41, 5.74) is 0.909. The maximum absolute atomic E-state index is 12.2. The number of benzene rings is 1. The van der Waals surface area contributed by atoms with E-state index in [1.807, 2.05) is 12.1 Å². The monoisotopic (exact) mass is 259 g/mol. The first-order valence-corrected chi connectivity index (χ1v) is 8.05. The van der Waals surface area contributed by atoms with Crippen molar-refractivity contribution in [3.63, 3.8) is 0 Å². The topological polar surface area (TPSA) is 63.2 Å². The van der Waals surface area contributed by atoms with E-state index in [0.717, 1.165) is 11.8 Å². The summed E-state index contributed by atoms with van der Waals surface area (Å²) in [6.45, 7) is 0.800. The van der Waals surface area contributed by atoms with Gasteiger partial charge in [-0.25, -0.2) is 8.42 Å². The van der Waals surface area contributed by atoms with Crippen LogP contribution in [0.5, 0.6) is 0 Å². The second kappa shape index (κ2) is 4.27. The quantitative estimate of drug-likeness (QED) is 0.786. The fourth-order valence-electron chi connectivity index (χ4n) is 1.70. The Labute approximate surface area is 97.4 Å². The maximum atomic E-state index is 12.2. The molecule has 16 heavy (non-hydrogen) atoms. The highest BCUT2D eigenvalue weighted by molar-refractivity contribution is 8.06. The number of rotatable bonds is 1. The molecule has 1 aromatic carbocycles. The zero-order chi connectivity index (χ0) is 11.8. The molecule has 2 unspecified atom stereocenters. The van der Waals surface area contributed by atoms with Crippen molar-refractivity contribution in [3.8, 4) is 0 Å². The van der Waals surface area contributed by atoms with Crippen molar-refractivity contribution in [2.45, 2.75) is 16.0 Å². The first kappa shape index (κ1) is 11.8. The highest BCUT2D eigenvalue weighted by atomic mass is 32.3. The highest BCUT2D eigenvalue weighted by Crippen LogP contribution is 2.21. The third-order valence-electron chi connectivity index (χ3n) is 2.53. The minimum atomic E-state index is -3.30. The molecule has 0 aliphatic carbocycles. The molecule has 0 fully saturated rings. The largest absolute Gasteiger partial charge is 0.310 e. The second-order valence-electron chi connectivity index (χ2n) is 3.80. The Balaban J connectivity index is 2.49. The van der Waals surface area contributed by atoms with Gasteiger partial charge in [-0.05, 0) is 11.6 Å². The van der Waals surface area contributed by atoms with E-state index in [2.05, 4.69) is 5.32 Å². The van der Waals surface area contributed by atoms with E-state index >= 15 is 0 Å². The van der Waals surface area contributed by atoms with Gasteiger partial charge in [0.25, 0.3) is 0 Å². The highest BCUT2D eigenvalue weighted by Gasteiger charge is 2.31. The minimum absolute atomic E-state index is 0.236. The summed E-state index contributed by atoms with van der Waals surface area (Å²) in [4.78, 5) is 0.628. The standard InChI is InChI=1S/C10H13NO3S2/c1-16(13,14)10-7-11-6-8-4-2-3-5-9(8)15(10)12/h2-5,10-11H,6-7H2,1H3. The first-order chi connectivity index (χ1) is 7.50. The summed E-state index contributed by atoms with van der Waals surface area (Å²) >= 11 is 0. The molecule has 2 atom stereocenters. The average Bonchev–Trinajstić information content (AvgIpc) is 2.38. The van der Waals surface area contributed by atoms with Crippen LogP contribution >= 0.6 is 0 Å². The summed E-state index contributed by atoms with van der Waals surface area (Å²) in [5, 5.41) is 3.02. The number of nitrogens with one attached hydrogen (secondary N) is 1. The van der Waals surface area contributed by atoms with Crippen LogP contribution in [0.1, 0.15) is 5.56 Å². The molecule has 0 amide bonds. The van der Waals surface area contributed by atoms with E-state index in [9.17, 15) is 12.6 Å². The molecule has 1 aliphatic rings. The fraction of sp³-hybridized carbons (Fsp3) is 0.400. The molecule has 0 spiro atoms. The Kier molecular flexibility index (Phi) is 3.14. The Bertz CT molecular complexity index is 525. The Morgan fingerprint density at radius 3 is 2.75 bits per heavy atom. The van der Waals surface area contributed by atoms with Gasteiger partial charge in [-0.1, -0.05) is 18.2 Å². The lowest BCUT2D eigenvalue weighted by Crippen LogP contribution is -2.33. The summed E-state index contributed by atoms with van der Waals surface area (Å²) < 4.78 is 34.4. The molecular formula is C10H13NO3S2. The lowest BCUT2D eigenvalue weighted by Gasteiger charge is -2.11. The first-order valence-electron chi connectivity index (χ1n) is 4.88. The van der Waals surface area contributed by atoms with Crippen molar-refractivity contribution in [3.05, 3.63) is 29.8 Å². The van der Waals surface area contributed by atoms with Crippen molar-refractivity contribution >= 4 is 20.6 Å². The van der Waals surface area contributed by atoms with Crippen LogP contribution in [-0.4, -0.2) is 30.0 Å². The van der Waals surface area contributed by atoms with Crippen molar-refractivity contribution in [1.82, 2.24) is 5.32 Å². The molecule has 0 bridgehead atoms. The third kappa shape index (κ3) is 2.18. The summed E-state index contributed by atoms with van der Waals surface area (Å²) in [5.74, 6) is 0. The number of hydrogen-bond donors (Lipinski definition) is 1. The van der Waals surface area contributed by atoms with Crippen molar-refractivity contribution in [2.24, 2.45) is 0 Å². The molecule has 1 heterocycles. The molecule has 0 saturated heterocycles. The molecule has 4 nitrogen and oxygen atoms in total. The molecular weight excluding hydrogens is 246 g/mol. The zero-order valence-corrected chi connectivity index (χ0v) is 10.5. The Morgan fingerprint density at radius 2 is 2.06 bits per heavy atom. The van der Waals surface area contributed by atoms with Crippen LogP contribution in [0.2, 0.25) is 0 Å². The molecule has 1 N–H and O–H groups in total. The van der Waals surface area contributed by atoms with Crippen molar-refractivity contribution in [2.75, 3.05) is 12.8 Å². The van der Waals surface area contributed by atoms with Crippen LogP contribution in [0.4, 0.5) is 0 Å². The van der Waals surface area contributed by atoms with Crippen LogP contribution in [0.3, 0.4) is 0 Å². The SMILES string of the molecule is CS(=O)(=O)C1CNCc2ccccc2S1=O. The average molecular weight is 259 g/mol. The van der Waals surface area contributed by atoms with Gasteiger partial charge in [0.05, 0.1) is 10.8 Å². The van der Waals surface area contributed by atoms with E-state index < -0.39 is 25.2 Å². The second-order valence-corrected chi connectivity index (χ2v) is 7.93. The van der Waals surface area contributed by atoms with Crippen LogP contribution in [-0.2, 0) is 27.2 Å². The lowest BCUT2D eigenvalue weighted by molar-refractivity contribution is 0.590. The summed E-state index contributed by atoms with van der Waals surface area (Å²) in [6.07, 6.45) is 1.13. The maximum Gasteiger partial charge on any atom is 0.163 e. The summed E-state index contributed by atoms with van der Waals surface area (Å²) in [7, 11) is -4.79. The van der Waals surface area contributed by atoms with Gasteiger partial charge in [-0.2, -0.15) is 0 Å². The molecule has 2 rings (SSSR count). The fourth-order valence-corrected chi connectivity index (χ4v) is 4.86. The number of fused-ring (bicyclic) bond motifs is 1. The van der Waals surface area contributed by atoms with E-state index in [1.54, 1.807) is 12.1 Å². The van der Waals surface area contributed by atoms with Crippen LogP contribution < -0.4 is 5.32 Å². The predicted molar refractivity (Wildman–Crippen MR) is 63.2 cm³/mol. The lowest BCUT2D eigenvalue weighted by atomic mass is 10.2. The molecule has 1 aromatic rings. The van der Waals surface area contributed by atoms with E-state index in [1.165, 1.54) is 0 Å². The zero-order valence-electron chi connectivity index (χ0n) is 8.84. The molecule has 0 aromatic heterocycles. The van der Waals surface area contributed by atoms with Crippen LogP contribution in [0, 0.1) is 0 Å². The molecule has 0 saturated carbocycles. The van der Waals surface area contributed by atoms with Crippen LogP contribution in [0.25, 0.3) is 0 Å². The van der Waals surface area contributed by atoms with E-state index in [4.69, 9.17) is 0 Å². The van der Waals surface area contributed by atoms with Crippen molar-refractivity contribution < 1.29 is 12.6 Å². The normalized spacial score (nSPS) is 25.8. The minimum Gasteiger partial charge on any atom is -0.310 e. The molecule has 0 radical (unpaired) electrons. The van der Waals surface area contributed by atoms with Gasteiger partial charge >= 0.3 is 0 Å². The van der Waals surface area contributed by atoms with Gasteiger partial charge in [0.2, 0.25) is 0 Å². The number of hydrogen-bond acceptors (Lipinski definition) is 4. The van der Waals surface area contributed by atoms with Gasteiger partial charge in [0.1, 0.15) is 0 Å². The molecule has 1 aliphatic heterocycles. The Morgan fingerprint density at radius 1 is 1.38 bits per heavy atom. The third-order valence-corrected chi connectivity index (χ3v) is 6.70. The van der Waals surface area contributed by atoms with E-state index in [-0.39, 0.29) is 6.54 Å². The number of sulfone groups is 1. The van der Waals surface area contributed by atoms with Crippen molar-refractivity contribution in [1.29, 1.82) is 0 Å². The van der Waals surface area contributed by atoms with E-state index in [0.29, 0.717) is 11.4 Å². The molecule has 6 heteroatoms. The smallest absolute Gasteiger partial charge is 0.163 e. The van der Waals surface area contributed by atoms with Gasteiger partial charge in [0, 0.05) is 24.2 Å². The van der Waals surface area contributed by atoms with Gasteiger partial charge in [0.15, 0.2) is 14.4 Å². The molecule has 88 valence electrons. The van der Waals surface area contributed by atoms with Crippen LogP contribution in [0.15, 0.2) is 29.2 Å². The Hall–Kier alpha value is -0.720. The van der Waals surface area contributed by atoms with Gasteiger partial charge in [-0.3, -0.25) is 4.21 Å². The predicted octanol–water partition coefficient (Wildman–Crippen LogP) is 0.268. The van der Waals surface area contributed by atoms with Gasteiger partial charge in [-0.15, -0.1) is 0 Å².